The predicted octanol–water partition coefficient (Wildman–Crippen LogP) is 1.94. The Morgan fingerprint density at radius 3 is 2.83 bits per heavy atom. The van der Waals surface area contributed by atoms with Crippen molar-refractivity contribution in [2.24, 2.45) is 0 Å². The first-order valence-electron chi connectivity index (χ1n) is 7.48. The molecule has 1 aliphatic heterocycles. The summed E-state index contributed by atoms with van der Waals surface area (Å²) in [7, 11) is 0. The van der Waals surface area contributed by atoms with Gasteiger partial charge < -0.3 is 9.73 Å². The van der Waals surface area contributed by atoms with E-state index in [1.807, 2.05) is 6.07 Å². The Morgan fingerprint density at radius 2 is 2.17 bits per heavy atom. The highest BCUT2D eigenvalue weighted by molar-refractivity contribution is 7.99. The SMILES string of the molecule is CC1(C)NC(=O)N(CCCSc2nnc(-c3cccnc3)o2)C1=O. The number of carbonyl (C=O) groups is 2. The Morgan fingerprint density at radius 1 is 1.33 bits per heavy atom. The number of hydrogen-bond donors (Lipinski definition) is 1. The number of amides is 3. The first kappa shape index (κ1) is 16.4. The Bertz CT molecular complexity index is 747. The van der Waals surface area contributed by atoms with Crippen molar-refractivity contribution in [1.82, 2.24) is 25.4 Å². The lowest BCUT2D eigenvalue weighted by molar-refractivity contribution is -0.130. The molecule has 24 heavy (non-hydrogen) atoms. The second-order valence-electron chi connectivity index (χ2n) is 5.83. The molecule has 1 N–H and O–H groups in total. The highest BCUT2D eigenvalue weighted by Gasteiger charge is 2.43. The normalized spacial score (nSPS) is 16.5. The first-order chi connectivity index (χ1) is 11.5. The molecule has 1 fully saturated rings. The summed E-state index contributed by atoms with van der Waals surface area (Å²) in [6.07, 6.45) is 3.97. The van der Waals surface area contributed by atoms with Crippen LogP contribution in [-0.2, 0) is 4.79 Å². The predicted molar refractivity (Wildman–Crippen MR) is 87.2 cm³/mol. The van der Waals surface area contributed by atoms with Crippen molar-refractivity contribution in [3.05, 3.63) is 24.5 Å². The van der Waals surface area contributed by atoms with E-state index >= 15 is 0 Å². The van der Waals surface area contributed by atoms with E-state index in [2.05, 4.69) is 20.5 Å². The van der Waals surface area contributed by atoms with Gasteiger partial charge in [-0.3, -0.25) is 14.7 Å². The second-order valence-corrected chi connectivity index (χ2v) is 6.87. The fourth-order valence-electron chi connectivity index (χ4n) is 2.28. The van der Waals surface area contributed by atoms with Crippen molar-refractivity contribution in [2.75, 3.05) is 12.3 Å². The average Bonchev–Trinajstić information content (AvgIpc) is 3.10. The van der Waals surface area contributed by atoms with Crippen LogP contribution < -0.4 is 5.32 Å². The third-order valence-corrected chi connectivity index (χ3v) is 4.42. The number of nitrogens with zero attached hydrogens (tertiary/aromatic N) is 4. The van der Waals surface area contributed by atoms with Crippen LogP contribution in [0, 0.1) is 0 Å². The summed E-state index contributed by atoms with van der Waals surface area (Å²) in [5.74, 6) is 0.877. The molecular weight excluding hydrogens is 330 g/mol. The third kappa shape index (κ3) is 3.40. The number of imide groups is 1. The molecule has 0 radical (unpaired) electrons. The topological polar surface area (TPSA) is 101 Å². The molecule has 3 amide bonds. The van der Waals surface area contributed by atoms with Crippen LogP contribution in [0.5, 0.6) is 0 Å². The molecule has 126 valence electrons. The van der Waals surface area contributed by atoms with Gasteiger partial charge in [0.25, 0.3) is 11.1 Å². The molecule has 0 unspecified atom stereocenters. The van der Waals surface area contributed by atoms with Crippen LogP contribution in [0.4, 0.5) is 4.79 Å². The molecule has 3 rings (SSSR count). The lowest BCUT2D eigenvalue weighted by Gasteiger charge is -2.15. The minimum Gasteiger partial charge on any atom is -0.411 e. The number of carbonyl (C=O) groups excluding carboxylic acids is 2. The summed E-state index contributed by atoms with van der Waals surface area (Å²) in [6.45, 7) is 3.76. The van der Waals surface area contributed by atoms with Gasteiger partial charge in [0, 0.05) is 24.7 Å². The molecule has 1 aliphatic rings. The lowest BCUT2D eigenvalue weighted by atomic mass is 10.1. The van der Waals surface area contributed by atoms with Crippen LogP contribution in [0.1, 0.15) is 20.3 Å². The number of hydrogen-bond acceptors (Lipinski definition) is 7. The molecule has 0 spiro atoms. The van der Waals surface area contributed by atoms with E-state index in [9.17, 15) is 9.59 Å². The van der Waals surface area contributed by atoms with Gasteiger partial charge in [-0.15, -0.1) is 10.2 Å². The molecule has 0 atom stereocenters. The minimum atomic E-state index is -0.824. The molecule has 8 nitrogen and oxygen atoms in total. The molecule has 0 aromatic carbocycles. The average molecular weight is 347 g/mol. The van der Waals surface area contributed by atoms with E-state index in [1.165, 1.54) is 16.7 Å². The van der Waals surface area contributed by atoms with Crippen LogP contribution in [0.3, 0.4) is 0 Å². The summed E-state index contributed by atoms with van der Waals surface area (Å²) < 4.78 is 5.56. The minimum absolute atomic E-state index is 0.200. The number of pyridine rings is 1. The van der Waals surface area contributed by atoms with Crippen LogP contribution in [-0.4, -0.2) is 49.9 Å². The molecule has 1 saturated heterocycles. The Hall–Kier alpha value is -2.42. The van der Waals surface area contributed by atoms with Gasteiger partial charge in [0.1, 0.15) is 5.54 Å². The third-order valence-electron chi connectivity index (χ3n) is 3.51. The van der Waals surface area contributed by atoms with E-state index in [0.717, 1.165) is 5.56 Å². The van der Waals surface area contributed by atoms with Gasteiger partial charge in [-0.05, 0) is 32.4 Å². The van der Waals surface area contributed by atoms with E-state index in [-0.39, 0.29) is 11.9 Å². The summed E-state index contributed by atoms with van der Waals surface area (Å²) in [5.41, 5.74) is -0.0617. The van der Waals surface area contributed by atoms with Crippen LogP contribution in [0.15, 0.2) is 34.2 Å². The molecule has 0 bridgehead atoms. The fourth-order valence-corrected chi connectivity index (χ4v) is 2.96. The summed E-state index contributed by atoms with van der Waals surface area (Å²) in [5, 5.41) is 11.1. The van der Waals surface area contributed by atoms with Crippen molar-refractivity contribution in [3.8, 4) is 11.5 Å². The van der Waals surface area contributed by atoms with Crippen LogP contribution >= 0.6 is 11.8 Å². The van der Waals surface area contributed by atoms with Gasteiger partial charge in [0.05, 0.1) is 5.56 Å². The van der Waals surface area contributed by atoms with E-state index in [1.54, 1.807) is 32.3 Å². The number of rotatable bonds is 6. The smallest absolute Gasteiger partial charge is 0.325 e. The van der Waals surface area contributed by atoms with Crippen LogP contribution in [0.25, 0.3) is 11.5 Å². The quantitative estimate of drug-likeness (QED) is 0.484. The van der Waals surface area contributed by atoms with E-state index < -0.39 is 5.54 Å². The van der Waals surface area contributed by atoms with Crippen LogP contribution in [0.2, 0.25) is 0 Å². The lowest BCUT2D eigenvalue weighted by Crippen LogP contribution is -2.40. The Labute approximate surface area is 143 Å². The van der Waals surface area contributed by atoms with E-state index in [0.29, 0.717) is 29.8 Å². The molecule has 0 saturated carbocycles. The van der Waals surface area contributed by atoms with Crippen molar-refractivity contribution in [2.45, 2.75) is 31.0 Å². The van der Waals surface area contributed by atoms with Gasteiger partial charge >= 0.3 is 6.03 Å². The molecule has 2 aromatic rings. The van der Waals surface area contributed by atoms with Crippen molar-refractivity contribution in [3.63, 3.8) is 0 Å². The number of urea groups is 1. The number of nitrogens with one attached hydrogen (secondary N) is 1. The zero-order valence-electron chi connectivity index (χ0n) is 13.4. The monoisotopic (exact) mass is 347 g/mol. The largest absolute Gasteiger partial charge is 0.411 e. The Balaban J connectivity index is 1.49. The maximum atomic E-state index is 12.1. The Kier molecular flexibility index (Phi) is 4.52. The van der Waals surface area contributed by atoms with E-state index in [4.69, 9.17) is 4.42 Å². The fraction of sp³-hybridized carbons (Fsp3) is 0.400. The molecular formula is C15H17N5O3S. The molecule has 0 aliphatic carbocycles. The standard InChI is InChI=1S/C15H17N5O3S/c1-15(2)12(21)20(13(22)17-15)7-4-8-24-14-19-18-11(23-14)10-5-3-6-16-9-10/h3,5-6,9H,4,7-8H2,1-2H3,(H,17,22). The zero-order chi connectivity index (χ0) is 17.2. The molecule has 2 aromatic heterocycles. The van der Waals surface area contributed by atoms with Gasteiger partial charge in [0.2, 0.25) is 5.89 Å². The number of thioether (sulfide) groups is 1. The van der Waals surface area contributed by atoms with Crippen molar-refractivity contribution < 1.29 is 14.0 Å². The van der Waals surface area contributed by atoms with Crippen molar-refractivity contribution in [1.29, 1.82) is 0 Å². The summed E-state index contributed by atoms with van der Waals surface area (Å²) >= 11 is 1.39. The highest BCUT2D eigenvalue weighted by atomic mass is 32.2. The van der Waals surface area contributed by atoms with Crippen molar-refractivity contribution >= 4 is 23.7 Å². The second kappa shape index (κ2) is 6.60. The summed E-state index contributed by atoms with van der Waals surface area (Å²) in [4.78, 5) is 29.1. The van der Waals surface area contributed by atoms with Gasteiger partial charge in [-0.2, -0.15) is 0 Å². The molecule has 9 heteroatoms. The molecule has 3 heterocycles. The highest BCUT2D eigenvalue weighted by Crippen LogP contribution is 2.23. The summed E-state index contributed by atoms with van der Waals surface area (Å²) in [6, 6.07) is 3.30. The number of aromatic nitrogens is 3. The zero-order valence-corrected chi connectivity index (χ0v) is 14.2. The van der Waals surface area contributed by atoms with Gasteiger partial charge in [-0.25, -0.2) is 4.79 Å². The maximum absolute atomic E-state index is 12.1. The van der Waals surface area contributed by atoms with Gasteiger partial charge in [-0.1, -0.05) is 11.8 Å². The van der Waals surface area contributed by atoms with Gasteiger partial charge in [0.15, 0.2) is 0 Å². The maximum Gasteiger partial charge on any atom is 0.325 e. The first-order valence-corrected chi connectivity index (χ1v) is 8.47.